The Hall–Kier alpha value is -1.06. The van der Waals surface area contributed by atoms with E-state index in [-0.39, 0.29) is 18.4 Å². The van der Waals surface area contributed by atoms with Crippen LogP contribution in [0.1, 0.15) is 22.7 Å². The monoisotopic (exact) mass is 227 g/mol. The Balaban J connectivity index is 0.00000112. The molecule has 1 aromatic carbocycles. The van der Waals surface area contributed by atoms with Gasteiger partial charge in [-0.3, -0.25) is 4.79 Å². The van der Waals surface area contributed by atoms with Gasteiger partial charge in [0.15, 0.2) is 0 Å². The molecule has 4 heteroatoms. The fraction of sp³-hybridized carbons (Fsp3) is 0.364. The van der Waals surface area contributed by atoms with Crippen LogP contribution in [0.5, 0.6) is 0 Å². The molecule has 1 aliphatic carbocycles. The molecule has 0 fully saturated rings. The van der Waals surface area contributed by atoms with Crippen LogP contribution in [0.25, 0.3) is 0 Å². The molecule has 3 nitrogen and oxygen atoms in total. The van der Waals surface area contributed by atoms with E-state index in [9.17, 15) is 4.79 Å². The maximum absolute atomic E-state index is 10.9. The number of nitrogens with two attached hydrogens (primary N) is 1. The first-order valence-electron chi connectivity index (χ1n) is 4.67. The average molecular weight is 228 g/mol. The normalized spacial score (nSPS) is 23.1. The lowest BCUT2D eigenvalue weighted by molar-refractivity contribution is -0.142. The number of fused-ring (bicyclic) bond motifs is 1. The molecule has 15 heavy (non-hydrogen) atoms. The predicted octanol–water partition coefficient (Wildman–Crippen LogP) is 1.67. The standard InChI is InChI=1S/C11H13NO2.ClH/c1-6-2-3-7-5-9(11(13)14)10(12)8(7)4-6;/h2-4,9-10H,5,12H2,1H3,(H,13,14);1H/t9-,10+;/m0./s1. The van der Waals surface area contributed by atoms with Crippen molar-refractivity contribution in [1.29, 1.82) is 0 Å². The third-order valence-electron chi connectivity index (χ3n) is 2.85. The topological polar surface area (TPSA) is 63.3 Å². The largest absolute Gasteiger partial charge is 0.481 e. The highest BCUT2D eigenvalue weighted by atomic mass is 35.5. The molecule has 0 saturated carbocycles. The molecule has 0 saturated heterocycles. The van der Waals surface area contributed by atoms with E-state index in [2.05, 4.69) is 0 Å². The molecule has 1 aliphatic rings. The summed E-state index contributed by atoms with van der Waals surface area (Å²) in [5, 5.41) is 8.95. The average Bonchev–Trinajstić information content (AvgIpc) is 2.44. The number of carboxylic acids is 1. The molecule has 1 aromatic rings. The van der Waals surface area contributed by atoms with Gasteiger partial charge in [-0.1, -0.05) is 23.8 Å². The number of rotatable bonds is 1. The van der Waals surface area contributed by atoms with Gasteiger partial charge in [0.05, 0.1) is 5.92 Å². The number of hydrogen-bond donors (Lipinski definition) is 2. The van der Waals surface area contributed by atoms with Crippen molar-refractivity contribution in [3.63, 3.8) is 0 Å². The Bertz CT molecular complexity index is 392. The van der Waals surface area contributed by atoms with Crippen molar-refractivity contribution >= 4 is 18.4 Å². The van der Waals surface area contributed by atoms with Gasteiger partial charge in [-0.25, -0.2) is 0 Å². The van der Waals surface area contributed by atoms with Gasteiger partial charge in [-0.05, 0) is 24.5 Å². The molecular weight excluding hydrogens is 214 g/mol. The van der Waals surface area contributed by atoms with Gasteiger partial charge in [0.25, 0.3) is 0 Å². The molecule has 0 aliphatic heterocycles. The molecule has 82 valence electrons. The van der Waals surface area contributed by atoms with Crippen LogP contribution in [-0.4, -0.2) is 11.1 Å². The molecule has 3 N–H and O–H groups in total. The number of aryl methyl sites for hydroxylation is 1. The summed E-state index contributed by atoms with van der Waals surface area (Å²) in [6.45, 7) is 1.99. The number of hydrogen-bond acceptors (Lipinski definition) is 2. The summed E-state index contributed by atoms with van der Waals surface area (Å²) in [6.07, 6.45) is 0.562. The fourth-order valence-corrected chi connectivity index (χ4v) is 2.03. The second-order valence-corrected chi connectivity index (χ2v) is 3.88. The molecule has 2 rings (SSSR count). The van der Waals surface area contributed by atoms with Crippen LogP contribution < -0.4 is 5.73 Å². The number of aliphatic carboxylic acids is 1. The van der Waals surface area contributed by atoms with E-state index in [1.165, 1.54) is 0 Å². The number of carboxylic acid groups (broad SMARTS) is 1. The van der Waals surface area contributed by atoms with Crippen LogP contribution in [0.15, 0.2) is 18.2 Å². The first-order chi connectivity index (χ1) is 6.59. The highest BCUT2D eigenvalue weighted by Gasteiger charge is 2.34. The summed E-state index contributed by atoms with van der Waals surface area (Å²) >= 11 is 0. The number of halogens is 1. The SMILES string of the molecule is Cc1ccc2c(c1)[C@@H](N)[C@@H](C(=O)O)C2.Cl. The molecule has 0 spiro atoms. The van der Waals surface area contributed by atoms with Crippen molar-refractivity contribution in [1.82, 2.24) is 0 Å². The molecule has 0 heterocycles. The Kier molecular flexibility index (Phi) is 3.37. The molecule has 0 bridgehead atoms. The summed E-state index contributed by atoms with van der Waals surface area (Å²) in [6, 6.07) is 5.62. The second kappa shape index (κ2) is 4.21. The van der Waals surface area contributed by atoms with Gasteiger partial charge < -0.3 is 10.8 Å². The lowest BCUT2D eigenvalue weighted by atomic mass is 10.0. The molecule has 2 atom stereocenters. The van der Waals surface area contributed by atoms with E-state index < -0.39 is 11.9 Å². The first-order valence-corrected chi connectivity index (χ1v) is 4.67. The van der Waals surface area contributed by atoms with E-state index in [0.717, 1.165) is 16.7 Å². The lowest BCUT2D eigenvalue weighted by Gasteiger charge is -2.10. The van der Waals surface area contributed by atoms with Crippen molar-refractivity contribution in [3.05, 3.63) is 34.9 Å². The van der Waals surface area contributed by atoms with Crippen LogP contribution in [0.4, 0.5) is 0 Å². The van der Waals surface area contributed by atoms with E-state index >= 15 is 0 Å². The summed E-state index contributed by atoms with van der Waals surface area (Å²) < 4.78 is 0. The zero-order chi connectivity index (χ0) is 10.3. The van der Waals surface area contributed by atoms with Gasteiger partial charge in [-0.15, -0.1) is 12.4 Å². The number of benzene rings is 1. The zero-order valence-corrected chi connectivity index (χ0v) is 9.25. The molecule has 0 aromatic heterocycles. The molecule has 0 amide bonds. The summed E-state index contributed by atoms with van der Waals surface area (Å²) in [5.41, 5.74) is 9.09. The van der Waals surface area contributed by atoms with E-state index in [0.29, 0.717) is 6.42 Å². The third-order valence-corrected chi connectivity index (χ3v) is 2.85. The van der Waals surface area contributed by atoms with Gasteiger partial charge in [0, 0.05) is 6.04 Å². The third kappa shape index (κ3) is 1.98. The smallest absolute Gasteiger partial charge is 0.308 e. The Morgan fingerprint density at radius 1 is 1.53 bits per heavy atom. The highest BCUT2D eigenvalue weighted by molar-refractivity contribution is 5.85. The second-order valence-electron chi connectivity index (χ2n) is 3.88. The highest BCUT2D eigenvalue weighted by Crippen LogP contribution is 2.34. The minimum absolute atomic E-state index is 0. The number of carbonyl (C=O) groups is 1. The van der Waals surface area contributed by atoms with Crippen LogP contribution in [0, 0.1) is 12.8 Å². The van der Waals surface area contributed by atoms with Gasteiger partial charge in [-0.2, -0.15) is 0 Å². The van der Waals surface area contributed by atoms with Crippen LogP contribution >= 0.6 is 12.4 Å². The van der Waals surface area contributed by atoms with Crippen molar-refractivity contribution in [2.24, 2.45) is 11.7 Å². The first kappa shape index (κ1) is 12.0. The summed E-state index contributed by atoms with van der Waals surface area (Å²) in [4.78, 5) is 10.9. The predicted molar refractivity (Wildman–Crippen MR) is 60.2 cm³/mol. The summed E-state index contributed by atoms with van der Waals surface area (Å²) in [7, 11) is 0. The van der Waals surface area contributed by atoms with E-state index in [1.807, 2.05) is 25.1 Å². The van der Waals surface area contributed by atoms with Gasteiger partial charge >= 0.3 is 5.97 Å². The quantitative estimate of drug-likeness (QED) is 0.767. The lowest BCUT2D eigenvalue weighted by Crippen LogP contribution is -2.24. The van der Waals surface area contributed by atoms with Crippen LogP contribution in [0.3, 0.4) is 0 Å². The van der Waals surface area contributed by atoms with Crippen molar-refractivity contribution in [2.75, 3.05) is 0 Å². The molecule has 0 unspecified atom stereocenters. The Morgan fingerprint density at radius 3 is 2.80 bits per heavy atom. The molecule has 0 radical (unpaired) electrons. The minimum atomic E-state index is -0.800. The van der Waals surface area contributed by atoms with Gasteiger partial charge in [0.1, 0.15) is 0 Å². The minimum Gasteiger partial charge on any atom is -0.481 e. The van der Waals surface area contributed by atoms with E-state index in [1.54, 1.807) is 0 Å². The van der Waals surface area contributed by atoms with Crippen molar-refractivity contribution in [3.8, 4) is 0 Å². The summed E-state index contributed by atoms with van der Waals surface area (Å²) in [5.74, 6) is -1.25. The molecular formula is C11H14ClNO2. The van der Waals surface area contributed by atoms with Crippen LogP contribution in [-0.2, 0) is 11.2 Å². The Morgan fingerprint density at radius 2 is 2.20 bits per heavy atom. The fourth-order valence-electron chi connectivity index (χ4n) is 2.03. The maximum atomic E-state index is 10.9. The maximum Gasteiger partial charge on any atom is 0.308 e. The van der Waals surface area contributed by atoms with Crippen LogP contribution in [0.2, 0.25) is 0 Å². The van der Waals surface area contributed by atoms with Gasteiger partial charge in [0.2, 0.25) is 0 Å². The zero-order valence-electron chi connectivity index (χ0n) is 8.43. The van der Waals surface area contributed by atoms with Crippen molar-refractivity contribution < 1.29 is 9.90 Å². The van der Waals surface area contributed by atoms with E-state index in [4.69, 9.17) is 10.8 Å². The van der Waals surface area contributed by atoms with Crippen molar-refractivity contribution in [2.45, 2.75) is 19.4 Å². The Labute approximate surface area is 94.7 Å².